The molecular formula is C33H32F2N6O5. The summed E-state index contributed by atoms with van der Waals surface area (Å²) >= 11 is 0. The van der Waals surface area contributed by atoms with Crippen molar-refractivity contribution in [1.82, 2.24) is 9.97 Å². The first-order valence-electron chi connectivity index (χ1n) is 14.6. The molecule has 46 heavy (non-hydrogen) atoms. The fourth-order valence-electron chi connectivity index (χ4n) is 5.36. The van der Waals surface area contributed by atoms with Gasteiger partial charge in [-0.1, -0.05) is 12.6 Å². The van der Waals surface area contributed by atoms with Crippen molar-refractivity contribution in [3.05, 3.63) is 96.8 Å². The number of methoxy groups -OCH3 is 1. The summed E-state index contributed by atoms with van der Waals surface area (Å²) in [6.45, 7) is 6.39. The Morgan fingerprint density at radius 2 is 1.83 bits per heavy atom. The van der Waals surface area contributed by atoms with Gasteiger partial charge in [-0.05, 0) is 42.0 Å². The van der Waals surface area contributed by atoms with Crippen LogP contribution in [0.2, 0.25) is 0 Å². The number of nitrogens with zero attached hydrogens (tertiary/aromatic N) is 4. The Labute approximate surface area is 264 Å². The van der Waals surface area contributed by atoms with Crippen LogP contribution in [-0.2, 0) is 14.4 Å². The molecule has 2 N–H and O–H groups in total. The highest BCUT2D eigenvalue weighted by molar-refractivity contribution is 6.02. The van der Waals surface area contributed by atoms with Gasteiger partial charge in [0.25, 0.3) is 0 Å². The van der Waals surface area contributed by atoms with Gasteiger partial charge in [-0.2, -0.15) is 0 Å². The second-order valence-corrected chi connectivity index (χ2v) is 10.5. The Morgan fingerprint density at radius 1 is 1.00 bits per heavy atom. The van der Waals surface area contributed by atoms with E-state index < -0.39 is 17.7 Å². The number of ether oxygens (including phenoxy) is 3. The van der Waals surface area contributed by atoms with Gasteiger partial charge in [0.05, 0.1) is 50.0 Å². The molecule has 2 aliphatic heterocycles. The average Bonchev–Trinajstić information content (AvgIpc) is 3.56. The summed E-state index contributed by atoms with van der Waals surface area (Å²) in [4.78, 5) is 29.2. The van der Waals surface area contributed by atoms with Crippen LogP contribution in [0.1, 0.15) is 18.0 Å². The number of halogens is 2. The lowest BCUT2D eigenvalue weighted by atomic mass is 10.0. The van der Waals surface area contributed by atoms with Crippen molar-refractivity contribution >= 4 is 34.6 Å². The maximum Gasteiger partial charge on any atom is 0.247 e. The van der Waals surface area contributed by atoms with E-state index in [0.717, 1.165) is 5.69 Å². The molecule has 0 saturated carbocycles. The lowest BCUT2D eigenvalue weighted by Gasteiger charge is -2.31. The van der Waals surface area contributed by atoms with Crippen molar-refractivity contribution in [2.45, 2.75) is 12.5 Å². The number of anilines is 5. The van der Waals surface area contributed by atoms with Crippen LogP contribution in [0, 0.1) is 11.6 Å². The highest BCUT2D eigenvalue weighted by Gasteiger charge is 2.30. The molecule has 4 aromatic rings. The number of nitrogens with one attached hydrogen (secondary N) is 2. The Morgan fingerprint density at radius 3 is 2.61 bits per heavy atom. The van der Waals surface area contributed by atoms with Crippen molar-refractivity contribution in [1.29, 1.82) is 0 Å². The monoisotopic (exact) mass is 630 g/mol. The minimum atomic E-state index is -0.507. The van der Waals surface area contributed by atoms with Crippen LogP contribution < -0.4 is 30.1 Å². The molecule has 0 bridgehead atoms. The number of hydrogen-bond donors (Lipinski definition) is 2. The zero-order valence-corrected chi connectivity index (χ0v) is 25.0. The number of morpholine rings is 1. The third-order valence-corrected chi connectivity index (χ3v) is 7.47. The van der Waals surface area contributed by atoms with E-state index in [9.17, 15) is 13.6 Å². The maximum absolute atomic E-state index is 14.8. The van der Waals surface area contributed by atoms with E-state index in [1.165, 1.54) is 42.7 Å². The molecule has 11 nitrogen and oxygen atoms in total. The molecule has 1 atom stereocenters. The van der Waals surface area contributed by atoms with Crippen LogP contribution in [0.15, 0.2) is 79.6 Å². The first-order valence-corrected chi connectivity index (χ1v) is 14.6. The van der Waals surface area contributed by atoms with Gasteiger partial charge in [0.15, 0.2) is 5.82 Å². The summed E-state index contributed by atoms with van der Waals surface area (Å²) in [6, 6.07) is 14.9. The summed E-state index contributed by atoms with van der Waals surface area (Å²) < 4.78 is 45.4. The van der Waals surface area contributed by atoms with Gasteiger partial charge in [-0.15, -0.1) is 0 Å². The topological polar surface area (TPSA) is 110 Å². The second-order valence-electron chi connectivity index (χ2n) is 10.5. The lowest BCUT2D eigenvalue weighted by Crippen LogP contribution is -2.36. The number of carbonyl (C=O) groups is 1. The standard InChI is InChI=1S/C33H32F2N6O5/c1-3-33(42)39-26-17-27(30(43-2)18-29(26)40-8-11-44-12-9-40)38-31-19-32(37-20-36-31)41-28(7-10-45-41)21-13-23(35)16-25(14-21)46-24-6-4-5-22(34)15-24/h3-6,13-20,28H,1,7-12H2,2H3,(H,39,42)(H,36,37,38)/t28-/m1/s1. The fourth-order valence-corrected chi connectivity index (χ4v) is 5.36. The predicted octanol–water partition coefficient (Wildman–Crippen LogP) is 6.14. The van der Waals surface area contributed by atoms with Crippen LogP contribution in [0.3, 0.4) is 0 Å². The van der Waals surface area contributed by atoms with Crippen molar-refractivity contribution < 1.29 is 32.6 Å². The smallest absolute Gasteiger partial charge is 0.247 e. The van der Waals surface area contributed by atoms with E-state index >= 15 is 0 Å². The Hall–Kier alpha value is -5.27. The van der Waals surface area contributed by atoms with Crippen LogP contribution in [0.5, 0.6) is 17.2 Å². The summed E-state index contributed by atoms with van der Waals surface area (Å²) in [5.74, 6) is 0.544. The summed E-state index contributed by atoms with van der Waals surface area (Å²) in [5, 5.41) is 7.75. The molecule has 0 radical (unpaired) electrons. The number of carbonyl (C=O) groups excluding carboxylic acids is 1. The fraction of sp³-hybridized carbons (Fsp3) is 0.242. The second kappa shape index (κ2) is 13.8. The molecule has 2 fully saturated rings. The first-order chi connectivity index (χ1) is 22.4. The molecular weight excluding hydrogens is 598 g/mol. The van der Waals surface area contributed by atoms with Crippen LogP contribution >= 0.6 is 0 Å². The number of amides is 1. The number of aromatic nitrogens is 2. The quantitative estimate of drug-likeness (QED) is 0.198. The van der Waals surface area contributed by atoms with Gasteiger partial charge >= 0.3 is 0 Å². The van der Waals surface area contributed by atoms with E-state index in [-0.39, 0.29) is 17.4 Å². The molecule has 2 saturated heterocycles. The molecule has 1 amide bonds. The molecule has 2 aliphatic rings. The molecule has 6 rings (SSSR count). The Kier molecular flexibility index (Phi) is 9.22. The number of benzene rings is 3. The van der Waals surface area contributed by atoms with Crippen LogP contribution in [0.25, 0.3) is 0 Å². The first kappa shape index (κ1) is 30.7. The molecule has 0 spiro atoms. The van der Waals surface area contributed by atoms with Crippen molar-refractivity contribution in [3.63, 3.8) is 0 Å². The van der Waals surface area contributed by atoms with E-state index in [1.54, 1.807) is 36.4 Å². The number of rotatable bonds is 10. The SMILES string of the molecule is C=CC(=O)Nc1cc(Nc2cc(N3OCC[C@@H]3c3cc(F)cc(Oc4cccc(F)c4)c3)ncn2)c(OC)cc1N1CCOCC1. The molecule has 238 valence electrons. The van der Waals surface area contributed by atoms with E-state index in [2.05, 4.69) is 32.1 Å². The van der Waals surface area contributed by atoms with Gasteiger partial charge in [0.1, 0.15) is 41.0 Å². The van der Waals surface area contributed by atoms with Crippen LogP contribution in [0.4, 0.5) is 37.5 Å². The zero-order chi connectivity index (χ0) is 32.0. The van der Waals surface area contributed by atoms with E-state index in [0.29, 0.717) is 73.7 Å². The van der Waals surface area contributed by atoms with E-state index in [1.807, 2.05) is 6.07 Å². The minimum absolute atomic E-state index is 0.226. The normalized spacial score (nSPS) is 16.2. The van der Waals surface area contributed by atoms with Gasteiger partial charge < -0.3 is 29.7 Å². The lowest BCUT2D eigenvalue weighted by molar-refractivity contribution is -0.111. The van der Waals surface area contributed by atoms with Gasteiger partial charge in [0.2, 0.25) is 5.91 Å². The van der Waals surface area contributed by atoms with Crippen LogP contribution in [-0.4, -0.2) is 55.9 Å². The summed E-state index contributed by atoms with van der Waals surface area (Å²) in [5.41, 5.74) is 2.50. The van der Waals surface area contributed by atoms with Gasteiger partial charge in [0, 0.05) is 43.8 Å². The Bertz CT molecular complexity index is 1740. The summed E-state index contributed by atoms with van der Waals surface area (Å²) in [6.07, 6.45) is 3.15. The van der Waals surface area contributed by atoms with Crippen molar-refractivity contribution in [2.75, 3.05) is 60.6 Å². The molecule has 0 aliphatic carbocycles. The number of hydrogen-bond acceptors (Lipinski definition) is 10. The van der Waals surface area contributed by atoms with Crippen molar-refractivity contribution in [2.24, 2.45) is 0 Å². The highest BCUT2D eigenvalue weighted by atomic mass is 19.1. The van der Waals surface area contributed by atoms with Gasteiger partial charge in [-0.3, -0.25) is 9.63 Å². The molecule has 3 heterocycles. The molecule has 1 aromatic heterocycles. The largest absolute Gasteiger partial charge is 0.494 e. The third kappa shape index (κ3) is 7.00. The summed E-state index contributed by atoms with van der Waals surface area (Å²) in [7, 11) is 1.56. The maximum atomic E-state index is 14.8. The molecule has 3 aromatic carbocycles. The molecule has 13 heteroatoms. The average molecular weight is 631 g/mol. The van der Waals surface area contributed by atoms with Gasteiger partial charge in [-0.25, -0.2) is 23.8 Å². The molecule has 0 unspecified atom stereocenters. The zero-order valence-electron chi connectivity index (χ0n) is 25.0. The van der Waals surface area contributed by atoms with E-state index in [4.69, 9.17) is 19.0 Å². The third-order valence-electron chi connectivity index (χ3n) is 7.47. The minimum Gasteiger partial charge on any atom is -0.494 e. The number of hydroxylamine groups is 1. The predicted molar refractivity (Wildman–Crippen MR) is 169 cm³/mol. The van der Waals surface area contributed by atoms with Crippen molar-refractivity contribution in [3.8, 4) is 17.2 Å². The highest BCUT2D eigenvalue weighted by Crippen LogP contribution is 2.40. The Balaban J connectivity index is 1.26.